The number of nitrogens with one attached hydrogen (secondary N) is 1. The first-order valence-corrected chi connectivity index (χ1v) is 9.80. The van der Waals surface area contributed by atoms with Crippen LogP contribution in [0.5, 0.6) is 0 Å². The molecular weight excluding hydrogens is 394 g/mol. The van der Waals surface area contributed by atoms with Crippen molar-refractivity contribution in [3.8, 4) is 16.4 Å². The highest BCUT2D eigenvalue weighted by Gasteiger charge is 2.15. The minimum Gasteiger partial charge on any atom is -0.291 e. The maximum absolute atomic E-state index is 12.8. The number of aromatic nitrogens is 3. The Morgan fingerprint density at radius 3 is 2.64 bits per heavy atom. The molecule has 8 heteroatoms. The maximum atomic E-state index is 12.8. The molecular formula is C20H16ClN5OS. The Labute approximate surface area is 170 Å². The van der Waals surface area contributed by atoms with Crippen molar-refractivity contribution in [1.29, 1.82) is 0 Å². The minimum absolute atomic E-state index is 0.246. The normalized spacial score (nSPS) is 11.4. The molecule has 0 radical (unpaired) electrons. The van der Waals surface area contributed by atoms with Crippen LogP contribution in [-0.2, 0) is 0 Å². The molecule has 4 aromatic rings. The van der Waals surface area contributed by atoms with E-state index in [4.69, 9.17) is 11.6 Å². The predicted molar refractivity (Wildman–Crippen MR) is 113 cm³/mol. The van der Waals surface area contributed by atoms with Crippen LogP contribution in [0.2, 0.25) is 5.02 Å². The number of hydrogen-bond acceptors (Lipinski definition) is 5. The fourth-order valence-corrected chi connectivity index (χ4v) is 3.67. The summed E-state index contributed by atoms with van der Waals surface area (Å²) < 4.78 is 1.39. The molecule has 2 heterocycles. The monoisotopic (exact) mass is 409 g/mol. The summed E-state index contributed by atoms with van der Waals surface area (Å²) in [6, 6.07) is 15.2. The van der Waals surface area contributed by atoms with Gasteiger partial charge in [0.25, 0.3) is 0 Å². The number of rotatable bonds is 4. The van der Waals surface area contributed by atoms with Crippen LogP contribution >= 0.6 is 22.9 Å². The Bertz CT molecular complexity index is 1220. The summed E-state index contributed by atoms with van der Waals surface area (Å²) in [7, 11) is 0. The lowest BCUT2D eigenvalue weighted by Gasteiger charge is -1.99. The van der Waals surface area contributed by atoms with Crippen LogP contribution in [0, 0.1) is 13.8 Å². The lowest BCUT2D eigenvalue weighted by molar-refractivity contribution is 0.827. The molecule has 6 nitrogen and oxygen atoms in total. The summed E-state index contributed by atoms with van der Waals surface area (Å²) in [5.74, 6) is 0. The highest BCUT2D eigenvalue weighted by molar-refractivity contribution is 7.12. The standard InChI is InChI=1S/C20H16ClN5OS/c1-12-15(21)9-6-10-16(12)23-24-18-13(2)25-26(19(18)27)20-22-17(11-28-20)14-7-4-3-5-8-14/h3-11,25H,1-2H3. The second kappa shape index (κ2) is 7.53. The van der Waals surface area contributed by atoms with E-state index in [0.717, 1.165) is 16.8 Å². The summed E-state index contributed by atoms with van der Waals surface area (Å²) >= 11 is 7.50. The molecule has 0 saturated heterocycles. The molecule has 0 aliphatic carbocycles. The number of H-pyrrole nitrogens is 1. The first-order chi connectivity index (χ1) is 13.5. The summed E-state index contributed by atoms with van der Waals surface area (Å²) in [5, 5.41) is 14.5. The Balaban J connectivity index is 1.69. The molecule has 2 aromatic carbocycles. The molecule has 0 fully saturated rings. The molecule has 0 aliphatic heterocycles. The number of benzene rings is 2. The van der Waals surface area contributed by atoms with E-state index < -0.39 is 0 Å². The molecule has 0 spiro atoms. The average molecular weight is 410 g/mol. The number of aromatic amines is 1. The lowest BCUT2D eigenvalue weighted by Crippen LogP contribution is -2.13. The van der Waals surface area contributed by atoms with Gasteiger partial charge in [0.05, 0.1) is 17.1 Å². The van der Waals surface area contributed by atoms with Crippen molar-refractivity contribution in [2.45, 2.75) is 13.8 Å². The molecule has 140 valence electrons. The van der Waals surface area contributed by atoms with Crippen molar-refractivity contribution in [2.24, 2.45) is 10.2 Å². The van der Waals surface area contributed by atoms with Crippen LogP contribution in [0.3, 0.4) is 0 Å². The van der Waals surface area contributed by atoms with E-state index >= 15 is 0 Å². The Kier molecular flexibility index (Phi) is 4.93. The summed E-state index contributed by atoms with van der Waals surface area (Å²) in [4.78, 5) is 17.4. The van der Waals surface area contributed by atoms with E-state index in [0.29, 0.717) is 21.5 Å². The van der Waals surface area contributed by atoms with Crippen LogP contribution in [0.4, 0.5) is 11.4 Å². The van der Waals surface area contributed by atoms with Crippen molar-refractivity contribution < 1.29 is 0 Å². The summed E-state index contributed by atoms with van der Waals surface area (Å²) in [6.45, 7) is 3.64. The van der Waals surface area contributed by atoms with E-state index in [9.17, 15) is 4.79 Å². The Morgan fingerprint density at radius 1 is 1.07 bits per heavy atom. The zero-order valence-corrected chi connectivity index (χ0v) is 16.8. The van der Waals surface area contributed by atoms with Gasteiger partial charge in [0.2, 0.25) is 5.13 Å². The molecule has 0 unspecified atom stereocenters. The molecule has 0 saturated carbocycles. The van der Waals surface area contributed by atoms with Gasteiger partial charge in [0.15, 0.2) is 5.69 Å². The maximum Gasteiger partial charge on any atom is 0.301 e. The third-order valence-corrected chi connectivity index (χ3v) is 5.53. The number of nitrogens with zero attached hydrogens (tertiary/aromatic N) is 4. The third kappa shape index (κ3) is 3.42. The fraction of sp³-hybridized carbons (Fsp3) is 0.100. The van der Waals surface area contributed by atoms with Gasteiger partial charge < -0.3 is 0 Å². The van der Waals surface area contributed by atoms with Gasteiger partial charge in [-0.1, -0.05) is 48.0 Å². The van der Waals surface area contributed by atoms with E-state index in [-0.39, 0.29) is 11.2 Å². The van der Waals surface area contributed by atoms with Gasteiger partial charge in [-0.25, -0.2) is 4.98 Å². The SMILES string of the molecule is Cc1[nH]n(-c2nc(-c3ccccc3)cs2)c(=O)c1N=Nc1cccc(Cl)c1C. The van der Waals surface area contributed by atoms with Gasteiger partial charge in [-0.3, -0.25) is 9.89 Å². The molecule has 1 N–H and O–H groups in total. The van der Waals surface area contributed by atoms with E-state index in [1.54, 1.807) is 25.1 Å². The predicted octanol–water partition coefficient (Wildman–Crippen LogP) is 5.97. The second-order valence-electron chi connectivity index (χ2n) is 6.19. The highest BCUT2D eigenvalue weighted by atomic mass is 35.5. The summed E-state index contributed by atoms with van der Waals surface area (Å²) in [6.07, 6.45) is 0. The van der Waals surface area contributed by atoms with Crippen molar-refractivity contribution in [3.05, 3.63) is 80.5 Å². The Hall–Kier alpha value is -3.03. The zero-order valence-electron chi connectivity index (χ0n) is 15.2. The second-order valence-corrected chi connectivity index (χ2v) is 7.44. The van der Waals surface area contributed by atoms with Gasteiger partial charge in [0.1, 0.15) is 0 Å². The van der Waals surface area contributed by atoms with Crippen LogP contribution in [0.15, 0.2) is 68.9 Å². The molecule has 4 rings (SSSR count). The van der Waals surface area contributed by atoms with Crippen molar-refractivity contribution >= 4 is 34.3 Å². The molecule has 28 heavy (non-hydrogen) atoms. The van der Waals surface area contributed by atoms with Crippen molar-refractivity contribution in [1.82, 2.24) is 14.8 Å². The number of azo groups is 1. The molecule has 0 atom stereocenters. The number of thiazole rings is 1. The van der Waals surface area contributed by atoms with Gasteiger partial charge in [-0.05, 0) is 31.5 Å². The lowest BCUT2D eigenvalue weighted by atomic mass is 10.2. The topological polar surface area (TPSA) is 75.4 Å². The van der Waals surface area contributed by atoms with Gasteiger partial charge in [-0.15, -0.1) is 21.6 Å². The van der Waals surface area contributed by atoms with Gasteiger partial charge in [-0.2, -0.15) is 4.68 Å². The van der Waals surface area contributed by atoms with Gasteiger partial charge in [0, 0.05) is 16.0 Å². The number of hydrogen-bond donors (Lipinski definition) is 1. The Morgan fingerprint density at radius 2 is 1.86 bits per heavy atom. The molecule has 0 amide bonds. The fourth-order valence-electron chi connectivity index (χ4n) is 2.71. The van der Waals surface area contributed by atoms with E-state index in [1.165, 1.54) is 16.0 Å². The smallest absolute Gasteiger partial charge is 0.291 e. The molecule has 0 aliphatic rings. The first kappa shape index (κ1) is 18.3. The highest BCUT2D eigenvalue weighted by Crippen LogP contribution is 2.28. The van der Waals surface area contributed by atoms with Crippen LogP contribution in [-0.4, -0.2) is 14.8 Å². The number of aryl methyl sites for hydroxylation is 1. The average Bonchev–Trinajstić information content (AvgIpc) is 3.29. The molecule has 2 aromatic heterocycles. The first-order valence-electron chi connectivity index (χ1n) is 8.54. The largest absolute Gasteiger partial charge is 0.301 e. The van der Waals surface area contributed by atoms with Gasteiger partial charge >= 0.3 is 5.56 Å². The third-order valence-electron chi connectivity index (χ3n) is 4.29. The molecule has 0 bridgehead atoms. The van der Waals surface area contributed by atoms with E-state index in [2.05, 4.69) is 20.3 Å². The van der Waals surface area contributed by atoms with E-state index in [1.807, 2.05) is 42.6 Å². The van der Waals surface area contributed by atoms with Crippen molar-refractivity contribution in [3.63, 3.8) is 0 Å². The van der Waals surface area contributed by atoms with Crippen LogP contribution in [0.25, 0.3) is 16.4 Å². The summed E-state index contributed by atoms with van der Waals surface area (Å²) in [5.41, 5.74) is 3.82. The number of halogens is 1. The van der Waals surface area contributed by atoms with Crippen LogP contribution < -0.4 is 5.56 Å². The van der Waals surface area contributed by atoms with Crippen molar-refractivity contribution in [2.75, 3.05) is 0 Å². The van der Waals surface area contributed by atoms with Crippen LogP contribution in [0.1, 0.15) is 11.3 Å². The quantitative estimate of drug-likeness (QED) is 0.421. The minimum atomic E-state index is -0.296. The zero-order chi connectivity index (χ0) is 19.7.